The van der Waals surface area contributed by atoms with E-state index in [0.29, 0.717) is 17.5 Å². The molecule has 28 heavy (non-hydrogen) atoms. The van der Waals surface area contributed by atoms with E-state index in [0.717, 1.165) is 43.8 Å². The van der Waals surface area contributed by atoms with Gasteiger partial charge in [0.25, 0.3) is 0 Å². The maximum absolute atomic E-state index is 12.9. The third-order valence-electron chi connectivity index (χ3n) is 7.38. The van der Waals surface area contributed by atoms with E-state index in [1.54, 1.807) is 10.8 Å². The number of nitrogens with one attached hydrogen (secondary N) is 1. The molecule has 1 amide bonds. The quantitative estimate of drug-likeness (QED) is 0.858. The Morgan fingerprint density at radius 1 is 1.25 bits per heavy atom. The first kappa shape index (κ1) is 17.8. The molecule has 0 bridgehead atoms. The van der Waals surface area contributed by atoms with E-state index >= 15 is 0 Å². The van der Waals surface area contributed by atoms with Crippen LogP contribution in [-0.4, -0.2) is 69.9 Å². The first-order chi connectivity index (χ1) is 13.6. The summed E-state index contributed by atoms with van der Waals surface area (Å²) in [5.74, 6) is 1.30. The molecular weight excluding hydrogens is 354 g/mol. The molecule has 1 saturated heterocycles. The maximum atomic E-state index is 12.9. The first-order valence-corrected chi connectivity index (χ1v) is 10.5. The Balaban J connectivity index is 1.17. The van der Waals surface area contributed by atoms with E-state index < -0.39 is 0 Å². The minimum Gasteiger partial charge on any atom is -0.355 e. The number of fused-ring (bicyclic) bond motifs is 1. The van der Waals surface area contributed by atoms with Crippen molar-refractivity contribution in [1.82, 2.24) is 30.0 Å². The number of aromatic nitrogens is 4. The molecule has 150 valence electrons. The lowest BCUT2D eigenvalue weighted by molar-refractivity contribution is -0.138. The molecule has 2 unspecified atom stereocenters. The van der Waals surface area contributed by atoms with Gasteiger partial charge in [-0.05, 0) is 58.3 Å². The van der Waals surface area contributed by atoms with Crippen molar-refractivity contribution >= 4 is 17.4 Å². The Bertz CT molecular complexity index is 866. The van der Waals surface area contributed by atoms with Crippen molar-refractivity contribution in [2.75, 3.05) is 32.1 Å². The van der Waals surface area contributed by atoms with Crippen molar-refractivity contribution in [2.45, 2.75) is 50.6 Å². The van der Waals surface area contributed by atoms with E-state index in [2.05, 4.69) is 44.5 Å². The Kier molecular flexibility index (Phi) is 4.26. The number of rotatable bonds is 4. The second-order valence-corrected chi connectivity index (χ2v) is 8.95. The predicted molar refractivity (Wildman–Crippen MR) is 106 cm³/mol. The standard InChI is InChI=1S/C20H29N7O/c1-25(2)16-12-15(20(16)8-3-9-20)22-19(28)14-6-10-26(11-7-14)18-5-4-17-23-21-13-27(17)24-18/h4-5,13-16H,3,6-12H2,1-2H3,(H,22,28). The summed E-state index contributed by atoms with van der Waals surface area (Å²) in [6.07, 6.45) is 8.30. The van der Waals surface area contributed by atoms with Gasteiger partial charge in [-0.1, -0.05) is 6.42 Å². The van der Waals surface area contributed by atoms with Crippen LogP contribution in [0.15, 0.2) is 18.5 Å². The normalized spacial score (nSPS) is 27.0. The summed E-state index contributed by atoms with van der Waals surface area (Å²) in [5, 5.41) is 15.9. The molecule has 2 atom stereocenters. The Hall–Kier alpha value is -2.22. The Labute approximate surface area is 165 Å². The van der Waals surface area contributed by atoms with E-state index in [1.807, 2.05) is 12.1 Å². The lowest BCUT2D eigenvalue weighted by Crippen LogP contribution is -2.70. The second kappa shape index (κ2) is 6.69. The Morgan fingerprint density at radius 3 is 2.71 bits per heavy atom. The van der Waals surface area contributed by atoms with Gasteiger partial charge in [0.1, 0.15) is 12.1 Å². The summed E-state index contributed by atoms with van der Waals surface area (Å²) in [4.78, 5) is 17.5. The van der Waals surface area contributed by atoms with Crippen LogP contribution in [-0.2, 0) is 4.79 Å². The van der Waals surface area contributed by atoms with Crippen molar-refractivity contribution in [3.63, 3.8) is 0 Å². The average Bonchev–Trinajstić information content (AvgIpc) is 3.11. The summed E-state index contributed by atoms with van der Waals surface area (Å²) in [7, 11) is 4.34. The number of nitrogens with zero attached hydrogens (tertiary/aromatic N) is 6. The van der Waals surface area contributed by atoms with Gasteiger partial charge < -0.3 is 15.1 Å². The summed E-state index contributed by atoms with van der Waals surface area (Å²) < 4.78 is 1.70. The highest BCUT2D eigenvalue weighted by Gasteiger charge is 2.59. The second-order valence-electron chi connectivity index (χ2n) is 8.95. The highest BCUT2D eigenvalue weighted by molar-refractivity contribution is 5.79. The molecular formula is C20H29N7O. The first-order valence-electron chi connectivity index (χ1n) is 10.5. The number of anilines is 1. The molecule has 2 aromatic heterocycles. The number of hydrogen-bond donors (Lipinski definition) is 1. The molecule has 5 rings (SSSR count). The molecule has 2 saturated carbocycles. The van der Waals surface area contributed by atoms with Crippen LogP contribution in [0.4, 0.5) is 5.82 Å². The monoisotopic (exact) mass is 383 g/mol. The molecule has 2 aliphatic carbocycles. The fraction of sp³-hybridized carbons (Fsp3) is 0.700. The summed E-state index contributed by atoms with van der Waals surface area (Å²) in [6, 6.07) is 4.92. The lowest BCUT2D eigenvalue weighted by Gasteiger charge is -2.63. The molecule has 1 aliphatic heterocycles. The largest absolute Gasteiger partial charge is 0.355 e. The van der Waals surface area contributed by atoms with Crippen LogP contribution in [0.5, 0.6) is 0 Å². The van der Waals surface area contributed by atoms with Crippen LogP contribution in [0.3, 0.4) is 0 Å². The smallest absolute Gasteiger partial charge is 0.223 e. The van der Waals surface area contributed by atoms with Crippen LogP contribution in [0.2, 0.25) is 0 Å². The lowest BCUT2D eigenvalue weighted by atomic mass is 9.49. The van der Waals surface area contributed by atoms with Crippen molar-refractivity contribution < 1.29 is 4.79 Å². The van der Waals surface area contributed by atoms with E-state index in [9.17, 15) is 4.79 Å². The predicted octanol–water partition coefficient (Wildman–Crippen LogP) is 1.33. The highest BCUT2D eigenvalue weighted by atomic mass is 16.2. The van der Waals surface area contributed by atoms with Crippen molar-refractivity contribution in [3.8, 4) is 0 Å². The van der Waals surface area contributed by atoms with Crippen molar-refractivity contribution in [3.05, 3.63) is 18.5 Å². The van der Waals surface area contributed by atoms with Gasteiger partial charge in [0.15, 0.2) is 5.65 Å². The van der Waals surface area contributed by atoms with Gasteiger partial charge in [0, 0.05) is 36.5 Å². The number of hydrogen-bond acceptors (Lipinski definition) is 6. The SMILES string of the molecule is CN(C)C1CC(NC(=O)C2CCN(c3ccc4nncn4n3)CC2)C12CCC2. The van der Waals surface area contributed by atoms with Crippen LogP contribution < -0.4 is 10.2 Å². The van der Waals surface area contributed by atoms with E-state index in [4.69, 9.17) is 0 Å². The molecule has 2 aromatic rings. The molecule has 0 aromatic carbocycles. The fourth-order valence-electron chi connectivity index (χ4n) is 5.51. The zero-order valence-corrected chi connectivity index (χ0v) is 16.7. The van der Waals surface area contributed by atoms with Gasteiger partial charge in [-0.15, -0.1) is 15.3 Å². The average molecular weight is 384 g/mol. The Morgan fingerprint density at radius 2 is 2.04 bits per heavy atom. The van der Waals surface area contributed by atoms with Crippen LogP contribution in [0, 0.1) is 11.3 Å². The molecule has 3 heterocycles. The topological polar surface area (TPSA) is 78.7 Å². The molecule has 8 nitrogen and oxygen atoms in total. The molecule has 0 radical (unpaired) electrons. The third-order valence-corrected chi connectivity index (χ3v) is 7.38. The summed E-state index contributed by atoms with van der Waals surface area (Å²) in [6.45, 7) is 1.71. The van der Waals surface area contributed by atoms with Crippen molar-refractivity contribution in [1.29, 1.82) is 0 Å². The van der Waals surface area contributed by atoms with Gasteiger partial charge in [-0.25, -0.2) is 0 Å². The molecule has 1 N–H and O–H groups in total. The van der Waals surface area contributed by atoms with Gasteiger partial charge >= 0.3 is 0 Å². The summed E-state index contributed by atoms with van der Waals surface area (Å²) >= 11 is 0. The number of amides is 1. The zero-order valence-electron chi connectivity index (χ0n) is 16.7. The van der Waals surface area contributed by atoms with E-state index in [1.165, 1.54) is 19.3 Å². The van der Waals surface area contributed by atoms with Crippen LogP contribution >= 0.6 is 0 Å². The van der Waals surface area contributed by atoms with Gasteiger partial charge in [0.2, 0.25) is 5.91 Å². The van der Waals surface area contributed by atoms with Gasteiger partial charge in [-0.3, -0.25) is 4.79 Å². The number of carbonyl (C=O) groups excluding carboxylic acids is 1. The molecule has 3 fully saturated rings. The third kappa shape index (κ3) is 2.77. The fourth-order valence-corrected chi connectivity index (χ4v) is 5.51. The van der Waals surface area contributed by atoms with Gasteiger partial charge in [0.05, 0.1) is 0 Å². The van der Waals surface area contributed by atoms with Crippen molar-refractivity contribution in [2.24, 2.45) is 11.3 Å². The van der Waals surface area contributed by atoms with Gasteiger partial charge in [-0.2, -0.15) is 4.52 Å². The highest BCUT2D eigenvalue weighted by Crippen LogP contribution is 2.57. The molecule has 8 heteroatoms. The van der Waals surface area contributed by atoms with Crippen LogP contribution in [0.1, 0.15) is 38.5 Å². The summed E-state index contributed by atoms with van der Waals surface area (Å²) in [5.41, 5.74) is 1.09. The number of carbonyl (C=O) groups is 1. The zero-order chi connectivity index (χ0) is 19.3. The van der Waals surface area contributed by atoms with E-state index in [-0.39, 0.29) is 11.8 Å². The number of piperidine rings is 1. The molecule has 3 aliphatic rings. The minimum atomic E-state index is 0.116. The minimum absolute atomic E-state index is 0.116. The molecule has 1 spiro atoms. The van der Waals surface area contributed by atoms with Crippen LogP contribution in [0.25, 0.3) is 5.65 Å². The maximum Gasteiger partial charge on any atom is 0.223 e.